The molecule has 0 aliphatic carbocycles. The molecule has 6 heteroatoms. The third-order valence-corrected chi connectivity index (χ3v) is 4.33. The number of carbonyl (C=O) groups is 1. The van der Waals surface area contributed by atoms with Crippen molar-refractivity contribution in [1.82, 2.24) is 9.88 Å². The van der Waals surface area contributed by atoms with Crippen LogP contribution in [-0.4, -0.2) is 46.2 Å². The fourth-order valence-electron chi connectivity index (χ4n) is 2.98. The van der Waals surface area contributed by atoms with Gasteiger partial charge in [-0.05, 0) is 54.8 Å². The molecule has 1 aromatic heterocycles. The number of amides is 1. The Labute approximate surface area is 146 Å². The fourth-order valence-corrected chi connectivity index (χ4v) is 2.98. The van der Waals surface area contributed by atoms with Gasteiger partial charge in [-0.2, -0.15) is 0 Å². The Bertz CT molecular complexity index is 708. The average molecular weight is 344 g/mol. The van der Waals surface area contributed by atoms with Gasteiger partial charge in [-0.3, -0.25) is 9.78 Å². The van der Waals surface area contributed by atoms with Gasteiger partial charge in [-0.1, -0.05) is 0 Å². The summed E-state index contributed by atoms with van der Waals surface area (Å²) in [6.07, 6.45) is 4.88. The molecular formula is C19H21FN2O3. The van der Waals surface area contributed by atoms with Crippen LogP contribution >= 0.6 is 0 Å². The van der Waals surface area contributed by atoms with Crippen molar-refractivity contribution >= 4 is 5.91 Å². The maximum Gasteiger partial charge on any atom is 0.227 e. The monoisotopic (exact) mass is 344 g/mol. The molecular weight excluding hydrogens is 323 g/mol. The van der Waals surface area contributed by atoms with Crippen LogP contribution in [0.4, 0.5) is 4.39 Å². The number of halogens is 1. The molecule has 25 heavy (non-hydrogen) atoms. The number of pyridine rings is 1. The Balaban J connectivity index is 1.57. The lowest BCUT2D eigenvalue weighted by molar-refractivity contribution is -0.139. The predicted octanol–water partition coefficient (Wildman–Crippen LogP) is 2.20. The van der Waals surface area contributed by atoms with E-state index in [2.05, 4.69) is 4.98 Å². The summed E-state index contributed by atoms with van der Waals surface area (Å²) in [5.41, 5.74) is -0.197. The Morgan fingerprint density at radius 3 is 2.68 bits per heavy atom. The van der Waals surface area contributed by atoms with Gasteiger partial charge in [0.1, 0.15) is 23.8 Å². The number of hydrogen-bond donors (Lipinski definition) is 1. The van der Waals surface area contributed by atoms with Gasteiger partial charge < -0.3 is 14.7 Å². The van der Waals surface area contributed by atoms with Crippen molar-refractivity contribution in [1.29, 1.82) is 0 Å². The number of likely N-dealkylation sites (tertiary alicyclic amines) is 1. The van der Waals surface area contributed by atoms with Crippen molar-refractivity contribution in [2.45, 2.75) is 24.9 Å². The third-order valence-electron chi connectivity index (χ3n) is 4.33. The molecule has 0 spiro atoms. The van der Waals surface area contributed by atoms with E-state index in [1.807, 2.05) is 12.1 Å². The van der Waals surface area contributed by atoms with Crippen molar-refractivity contribution < 1.29 is 19.0 Å². The SMILES string of the molecule is O=C(Cc1ccncc1)N1CCC[C@@](O)(COc2ccc(F)cc2)C1. The number of nitrogens with zero attached hydrogens (tertiary/aromatic N) is 2. The van der Waals surface area contributed by atoms with Gasteiger partial charge in [0.2, 0.25) is 5.91 Å². The standard InChI is InChI=1S/C19H21FN2O3/c20-16-2-4-17(5-3-16)25-14-19(24)8-1-11-22(13-19)18(23)12-15-6-9-21-10-7-15/h2-7,9-10,24H,1,8,11-14H2/t19-/m0/s1. The molecule has 2 aromatic rings. The maximum atomic E-state index is 12.9. The molecule has 0 saturated carbocycles. The number of hydrogen-bond acceptors (Lipinski definition) is 4. The second-order valence-corrected chi connectivity index (χ2v) is 6.42. The Kier molecular flexibility index (Phi) is 5.28. The number of aromatic nitrogens is 1. The highest BCUT2D eigenvalue weighted by molar-refractivity contribution is 5.78. The summed E-state index contributed by atoms with van der Waals surface area (Å²) >= 11 is 0. The van der Waals surface area contributed by atoms with Crippen molar-refractivity contribution in [3.8, 4) is 5.75 Å². The van der Waals surface area contributed by atoms with Crippen LogP contribution < -0.4 is 4.74 Å². The first-order chi connectivity index (χ1) is 12.0. The van der Waals surface area contributed by atoms with Gasteiger partial charge in [0.15, 0.2) is 0 Å². The Morgan fingerprint density at radius 1 is 1.24 bits per heavy atom. The van der Waals surface area contributed by atoms with Gasteiger partial charge >= 0.3 is 0 Å². The van der Waals surface area contributed by atoms with Crippen molar-refractivity contribution in [2.24, 2.45) is 0 Å². The topological polar surface area (TPSA) is 62.7 Å². The molecule has 0 unspecified atom stereocenters. The van der Waals surface area contributed by atoms with Gasteiger partial charge in [0.25, 0.3) is 0 Å². The lowest BCUT2D eigenvalue weighted by atomic mass is 9.93. The van der Waals surface area contributed by atoms with Gasteiger partial charge in [0, 0.05) is 18.9 Å². The number of β-amino-alcohol motifs (C(OH)–C–C–N with tert-alkyl or cyclic N) is 1. The third kappa shape index (κ3) is 4.76. The van der Waals surface area contributed by atoms with Crippen LogP contribution in [0.5, 0.6) is 5.75 Å². The molecule has 0 bridgehead atoms. The van der Waals surface area contributed by atoms with E-state index < -0.39 is 5.60 Å². The number of benzene rings is 1. The largest absolute Gasteiger partial charge is 0.491 e. The van der Waals surface area contributed by atoms with Crippen LogP contribution in [0.25, 0.3) is 0 Å². The van der Waals surface area contributed by atoms with Crippen molar-refractivity contribution in [2.75, 3.05) is 19.7 Å². The lowest BCUT2D eigenvalue weighted by Gasteiger charge is -2.39. The fraction of sp³-hybridized carbons (Fsp3) is 0.368. The molecule has 1 aromatic carbocycles. The summed E-state index contributed by atoms with van der Waals surface area (Å²) < 4.78 is 18.5. The number of ether oxygens (including phenoxy) is 1. The molecule has 1 N–H and O–H groups in total. The van der Waals surface area contributed by atoms with E-state index >= 15 is 0 Å². The second kappa shape index (κ2) is 7.61. The highest BCUT2D eigenvalue weighted by Gasteiger charge is 2.36. The summed E-state index contributed by atoms with van der Waals surface area (Å²) in [5.74, 6) is 0.137. The number of rotatable bonds is 5. The molecule has 3 rings (SSSR count). The van der Waals surface area contributed by atoms with E-state index in [0.717, 1.165) is 5.56 Å². The minimum absolute atomic E-state index is 0.0221. The van der Waals surface area contributed by atoms with Crippen molar-refractivity contribution in [3.05, 3.63) is 60.2 Å². The normalized spacial score (nSPS) is 20.3. The lowest BCUT2D eigenvalue weighted by Crippen LogP contribution is -2.53. The zero-order valence-corrected chi connectivity index (χ0v) is 13.9. The Hall–Kier alpha value is -2.47. The zero-order valence-electron chi connectivity index (χ0n) is 13.9. The van der Waals surface area contributed by atoms with E-state index in [0.29, 0.717) is 25.1 Å². The maximum absolute atomic E-state index is 12.9. The molecule has 1 aliphatic rings. The summed E-state index contributed by atoms with van der Waals surface area (Å²) in [7, 11) is 0. The highest BCUT2D eigenvalue weighted by atomic mass is 19.1. The molecule has 132 valence electrons. The summed E-state index contributed by atoms with van der Waals surface area (Å²) in [6.45, 7) is 0.929. The molecule has 1 saturated heterocycles. The predicted molar refractivity (Wildman–Crippen MR) is 90.6 cm³/mol. The van der Waals surface area contributed by atoms with Crippen molar-refractivity contribution in [3.63, 3.8) is 0 Å². The number of piperidine rings is 1. The highest BCUT2D eigenvalue weighted by Crippen LogP contribution is 2.23. The molecule has 2 heterocycles. The van der Waals surface area contributed by atoms with Crippen LogP contribution in [0.1, 0.15) is 18.4 Å². The van der Waals surface area contributed by atoms with E-state index in [1.165, 1.54) is 24.3 Å². The zero-order chi connectivity index (χ0) is 17.7. The molecule has 1 amide bonds. The van der Waals surface area contributed by atoms with E-state index in [-0.39, 0.29) is 31.3 Å². The molecule has 1 aliphatic heterocycles. The van der Waals surface area contributed by atoms with E-state index in [4.69, 9.17) is 4.74 Å². The first kappa shape index (κ1) is 17.4. The van der Waals surface area contributed by atoms with Crippen LogP contribution in [0, 0.1) is 5.82 Å². The van der Waals surface area contributed by atoms with Gasteiger partial charge in [-0.15, -0.1) is 0 Å². The van der Waals surface area contributed by atoms with E-state index in [9.17, 15) is 14.3 Å². The minimum Gasteiger partial charge on any atom is -0.491 e. The first-order valence-corrected chi connectivity index (χ1v) is 8.32. The summed E-state index contributed by atoms with van der Waals surface area (Å²) in [5, 5.41) is 10.8. The smallest absolute Gasteiger partial charge is 0.227 e. The number of aliphatic hydroxyl groups is 1. The van der Waals surface area contributed by atoms with Crippen LogP contribution in [0.2, 0.25) is 0 Å². The average Bonchev–Trinajstić information content (AvgIpc) is 2.62. The minimum atomic E-state index is -1.10. The van der Waals surface area contributed by atoms with E-state index in [1.54, 1.807) is 17.3 Å². The van der Waals surface area contributed by atoms with Crippen LogP contribution in [0.3, 0.4) is 0 Å². The Morgan fingerprint density at radius 2 is 1.96 bits per heavy atom. The quantitative estimate of drug-likeness (QED) is 0.903. The van der Waals surface area contributed by atoms with Gasteiger partial charge in [0.05, 0.1) is 13.0 Å². The van der Waals surface area contributed by atoms with Crippen LogP contribution in [-0.2, 0) is 11.2 Å². The molecule has 1 atom stereocenters. The number of carbonyl (C=O) groups excluding carboxylic acids is 1. The molecule has 1 fully saturated rings. The van der Waals surface area contributed by atoms with Crippen LogP contribution in [0.15, 0.2) is 48.8 Å². The molecule has 5 nitrogen and oxygen atoms in total. The summed E-state index contributed by atoms with van der Waals surface area (Å²) in [6, 6.07) is 9.29. The molecule has 0 radical (unpaired) electrons. The second-order valence-electron chi connectivity index (χ2n) is 6.42. The summed E-state index contributed by atoms with van der Waals surface area (Å²) in [4.78, 5) is 18.1. The van der Waals surface area contributed by atoms with Gasteiger partial charge in [-0.25, -0.2) is 4.39 Å². The first-order valence-electron chi connectivity index (χ1n) is 8.32.